The van der Waals surface area contributed by atoms with E-state index in [1.54, 1.807) is 18.3 Å². The number of carbonyl (C=O) groups excluding carboxylic acids is 1. The van der Waals surface area contributed by atoms with Gasteiger partial charge in [-0.2, -0.15) is 0 Å². The molecular formula is C12H13BrF2N2O. The van der Waals surface area contributed by atoms with E-state index in [0.29, 0.717) is 10.3 Å². The van der Waals surface area contributed by atoms with Gasteiger partial charge in [-0.05, 0) is 40.9 Å². The molecule has 1 fully saturated rings. The number of hydrogen-bond acceptors (Lipinski definition) is 2. The Morgan fingerprint density at radius 2 is 2.11 bits per heavy atom. The van der Waals surface area contributed by atoms with E-state index in [1.165, 1.54) is 0 Å². The molecule has 98 valence electrons. The van der Waals surface area contributed by atoms with Crippen molar-refractivity contribution in [3.05, 3.63) is 22.9 Å². The zero-order valence-corrected chi connectivity index (χ0v) is 11.2. The van der Waals surface area contributed by atoms with E-state index in [4.69, 9.17) is 0 Å². The third-order valence-electron chi connectivity index (χ3n) is 3.10. The summed E-state index contributed by atoms with van der Waals surface area (Å²) in [4.78, 5) is 15.9. The summed E-state index contributed by atoms with van der Waals surface area (Å²) in [5.41, 5.74) is 0.569. The van der Waals surface area contributed by atoms with Crippen LogP contribution >= 0.6 is 15.9 Å². The Balaban J connectivity index is 1.95. The van der Waals surface area contributed by atoms with Crippen LogP contribution in [0.2, 0.25) is 0 Å². The Morgan fingerprint density at radius 3 is 2.72 bits per heavy atom. The molecule has 1 saturated carbocycles. The molecule has 1 aromatic rings. The largest absolute Gasteiger partial charge is 0.324 e. The molecule has 0 atom stereocenters. The second kappa shape index (κ2) is 5.30. The Bertz CT molecular complexity index is 443. The topological polar surface area (TPSA) is 42.0 Å². The highest BCUT2D eigenvalue weighted by Crippen LogP contribution is 2.36. The Morgan fingerprint density at radius 1 is 1.44 bits per heavy atom. The maximum Gasteiger partial charge on any atom is 0.248 e. The van der Waals surface area contributed by atoms with E-state index < -0.39 is 5.92 Å². The summed E-state index contributed by atoms with van der Waals surface area (Å²) in [7, 11) is 0. The minimum atomic E-state index is -2.61. The van der Waals surface area contributed by atoms with Crippen molar-refractivity contribution in [2.75, 3.05) is 5.32 Å². The minimum Gasteiger partial charge on any atom is -0.324 e. The second-order valence-corrected chi connectivity index (χ2v) is 5.21. The number of nitrogens with one attached hydrogen (secondary N) is 1. The molecule has 1 heterocycles. The maximum atomic E-state index is 13.0. The lowest BCUT2D eigenvalue weighted by Crippen LogP contribution is -2.31. The van der Waals surface area contributed by atoms with Gasteiger partial charge in [-0.25, -0.2) is 13.8 Å². The average molecular weight is 319 g/mol. The van der Waals surface area contributed by atoms with Crippen molar-refractivity contribution in [3.63, 3.8) is 0 Å². The first kappa shape index (κ1) is 13.4. The van der Waals surface area contributed by atoms with Crippen LogP contribution in [0.4, 0.5) is 14.5 Å². The average Bonchev–Trinajstić information content (AvgIpc) is 2.32. The van der Waals surface area contributed by atoms with Crippen molar-refractivity contribution in [1.82, 2.24) is 4.98 Å². The molecule has 18 heavy (non-hydrogen) atoms. The van der Waals surface area contributed by atoms with E-state index in [0.717, 1.165) is 0 Å². The molecule has 1 aromatic heterocycles. The summed E-state index contributed by atoms with van der Waals surface area (Å²) in [6.45, 7) is 0. The minimum absolute atomic E-state index is 0.209. The van der Waals surface area contributed by atoms with E-state index in [-0.39, 0.29) is 37.5 Å². The van der Waals surface area contributed by atoms with Gasteiger partial charge in [-0.1, -0.05) is 0 Å². The molecule has 1 aliphatic rings. The Hall–Kier alpha value is -1.04. The van der Waals surface area contributed by atoms with Crippen LogP contribution in [0.25, 0.3) is 0 Å². The number of anilines is 1. The first-order valence-corrected chi connectivity index (χ1v) is 6.56. The van der Waals surface area contributed by atoms with Crippen molar-refractivity contribution in [1.29, 1.82) is 0 Å². The summed E-state index contributed by atoms with van der Waals surface area (Å²) in [6, 6.07) is 3.42. The van der Waals surface area contributed by atoms with Gasteiger partial charge >= 0.3 is 0 Å². The highest BCUT2D eigenvalue weighted by molar-refractivity contribution is 9.10. The number of halogens is 3. The van der Waals surface area contributed by atoms with Crippen molar-refractivity contribution < 1.29 is 13.6 Å². The zero-order chi connectivity index (χ0) is 13.2. The number of nitrogens with zero attached hydrogens (tertiary/aromatic N) is 1. The van der Waals surface area contributed by atoms with Crippen LogP contribution in [0, 0.1) is 5.92 Å². The van der Waals surface area contributed by atoms with Gasteiger partial charge in [0.2, 0.25) is 11.8 Å². The molecule has 0 bridgehead atoms. The van der Waals surface area contributed by atoms with E-state index in [9.17, 15) is 13.6 Å². The molecule has 1 N–H and O–H groups in total. The fourth-order valence-electron chi connectivity index (χ4n) is 2.02. The van der Waals surface area contributed by atoms with Crippen LogP contribution in [0.1, 0.15) is 25.7 Å². The first-order chi connectivity index (χ1) is 8.48. The molecule has 2 rings (SSSR count). The number of aromatic nitrogens is 1. The van der Waals surface area contributed by atoms with Gasteiger partial charge in [0.05, 0.1) is 5.69 Å². The predicted molar refractivity (Wildman–Crippen MR) is 67.5 cm³/mol. The van der Waals surface area contributed by atoms with Crippen LogP contribution in [-0.4, -0.2) is 16.8 Å². The molecule has 3 nitrogen and oxygen atoms in total. The molecule has 0 saturated heterocycles. The second-order valence-electron chi connectivity index (χ2n) is 4.46. The van der Waals surface area contributed by atoms with Crippen LogP contribution in [0.15, 0.2) is 22.9 Å². The highest BCUT2D eigenvalue weighted by Gasteiger charge is 2.37. The summed E-state index contributed by atoms with van der Waals surface area (Å²) < 4.78 is 26.5. The standard InChI is InChI=1S/C12H13BrF2N2O/c13-10-9(2-1-7-16-10)17-11(18)8-3-5-12(14,15)6-4-8/h1-2,7-8H,3-6H2,(H,17,18). The lowest BCUT2D eigenvalue weighted by molar-refractivity contribution is -0.124. The summed E-state index contributed by atoms with van der Waals surface area (Å²) in [5, 5.41) is 2.71. The molecule has 0 spiro atoms. The van der Waals surface area contributed by atoms with Gasteiger partial charge in [0.1, 0.15) is 4.60 Å². The molecule has 0 aliphatic heterocycles. The number of hydrogen-bond donors (Lipinski definition) is 1. The van der Waals surface area contributed by atoms with Gasteiger partial charge in [-0.15, -0.1) is 0 Å². The van der Waals surface area contributed by atoms with Crippen molar-refractivity contribution in [2.45, 2.75) is 31.6 Å². The zero-order valence-electron chi connectivity index (χ0n) is 9.63. The molecule has 1 amide bonds. The summed E-state index contributed by atoms with van der Waals surface area (Å²) in [6.07, 6.45) is 1.65. The number of carbonyl (C=O) groups is 1. The lowest BCUT2D eigenvalue weighted by Gasteiger charge is -2.27. The van der Waals surface area contributed by atoms with Crippen molar-refractivity contribution in [2.24, 2.45) is 5.92 Å². The third kappa shape index (κ3) is 3.25. The monoisotopic (exact) mass is 318 g/mol. The van der Waals surface area contributed by atoms with Crippen LogP contribution in [-0.2, 0) is 4.79 Å². The lowest BCUT2D eigenvalue weighted by atomic mass is 9.86. The normalized spacial score (nSPS) is 19.5. The SMILES string of the molecule is O=C(Nc1cccnc1Br)C1CCC(F)(F)CC1. The predicted octanol–water partition coefficient (Wildman–Crippen LogP) is 3.61. The molecule has 0 unspecified atom stereocenters. The van der Waals surface area contributed by atoms with Crippen molar-refractivity contribution in [3.8, 4) is 0 Å². The smallest absolute Gasteiger partial charge is 0.248 e. The number of alkyl halides is 2. The van der Waals surface area contributed by atoms with Gasteiger partial charge in [0.25, 0.3) is 0 Å². The van der Waals surface area contributed by atoms with E-state index in [1.807, 2.05) is 0 Å². The Labute approximate surface area is 112 Å². The fraction of sp³-hybridized carbons (Fsp3) is 0.500. The molecule has 6 heteroatoms. The quantitative estimate of drug-likeness (QED) is 0.846. The number of rotatable bonds is 2. The number of pyridine rings is 1. The van der Waals surface area contributed by atoms with Gasteiger partial charge in [0.15, 0.2) is 0 Å². The molecule has 0 aromatic carbocycles. The Kier molecular flexibility index (Phi) is 3.94. The third-order valence-corrected chi connectivity index (χ3v) is 3.74. The fourth-order valence-corrected chi connectivity index (χ4v) is 2.37. The first-order valence-electron chi connectivity index (χ1n) is 5.77. The number of amides is 1. The van der Waals surface area contributed by atoms with Crippen LogP contribution in [0.3, 0.4) is 0 Å². The summed E-state index contributed by atoms with van der Waals surface area (Å²) >= 11 is 3.22. The van der Waals surface area contributed by atoms with Crippen LogP contribution in [0.5, 0.6) is 0 Å². The summed E-state index contributed by atoms with van der Waals surface area (Å²) in [5.74, 6) is -3.15. The van der Waals surface area contributed by atoms with Gasteiger partial charge in [-0.3, -0.25) is 4.79 Å². The molecule has 1 aliphatic carbocycles. The molecule has 0 radical (unpaired) electrons. The van der Waals surface area contributed by atoms with Gasteiger partial charge in [0, 0.05) is 25.0 Å². The maximum absolute atomic E-state index is 13.0. The van der Waals surface area contributed by atoms with Crippen molar-refractivity contribution >= 4 is 27.5 Å². The van der Waals surface area contributed by atoms with E-state index >= 15 is 0 Å². The van der Waals surface area contributed by atoms with Gasteiger partial charge < -0.3 is 5.32 Å². The molecular weight excluding hydrogens is 306 g/mol. The van der Waals surface area contributed by atoms with E-state index in [2.05, 4.69) is 26.2 Å². The highest BCUT2D eigenvalue weighted by atomic mass is 79.9. The van der Waals surface area contributed by atoms with Crippen LogP contribution < -0.4 is 5.32 Å².